The minimum atomic E-state index is -0.931. The Hall–Kier alpha value is -2.18. The van der Waals surface area contributed by atoms with E-state index in [-0.39, 0.29) is 6.61 Å². The second-order valence-corrected chi connectivity index (χ2v) is 5.82. The molecule has 1 amide bonds. The third kappa shape index (κ3) is 4.91. The fourth-order valence-electron chi connectivity index (χ4n) is 1.84. The van der Waals surface area contributed by atoms with E-state index in [1.165, 1.54) is 6.92 Å². The Labute approximate surface area is 142 Å². The van der Waals surface area contributed by atoms with E-state index in [2.05, 4.69) is 21.2 Å². The lowest BCUT2D eigenvalue weighted by molar-refractivity contribution is -0.123. The first-order valence-electron chi connectivity index (χ1n) is 6.97. The van der Waals surface area contributed by atoms with Gasteiger partial charge in [-0.15, -0.1) is 0 Å². The molecule has 0 saturated heterocycles. The zero-order chi connectivity index (χ0) is 16.8. The molecule has 0 aliphatic heterocycles. The Balaban J connectivity index is 1.95. The summed E-state index contributed by atoms with van der Waals surface area (Å²) in [5.41, 5.74) is 1.63. The molecule has 0 spiro atoms. The van der Waals surface area contributed by atoms with E-state index in [1.54, 1.807) is 42.5 Å². The molecule has 0 unspecified atom stereocenters. The summed E-state index contributed by atoms with van der Waals surface area (Å²) in [5, 5.41) is 11.7. The number of hydrogen-bond donors (Lipinski definition) is 2. The Morgan fingerprint density at radius 1 is 1.22 bits per heavy atom. The molecule has 23 heavy (non-hydrogen) atoms. The van der Waals surface area contributed by atoms with Crippen LogP contribution in [0.3, 0.4) is 0 Å². The van der Waals surface area contributed by atoms with Crippen LogP contribution in [0.5, 0.6) is 0 Å². The summed E-state index contributed by atoms with van der Waals surface area (Å²) in [7, 11) is 0. The highest BCUT2D eigenvalue weighted by Gasteiger charge is 2.19. The van der Waals surface area contributed by atoms with Gasteiger partial charge in [-0.3, -0.25) is 4.79 Å². The van der Waals surface area contributed by atoms with Gasteiger partial charge >= 0.3 is 5.97 Å². The van der Waals surface area contributed by atoms with Crippen LogP contribution in [0.4, 0.5) is 5.69 Å². The van der Waals surface area contributed by atoms with E-state index in [0.717, 1.165) is 4.47 Å². The largest absolute Gasteiger partial charge is 0.449 e. The van der Waals surface area contributed by atoms with Gasteiger partial charge in [0, 0.05) is 10.2 Å². The van der Waals surface area contributed by atoms with Crippen molar-refractivity contribution in [3.05, 3.63) is 64.1 Å². The van der Waals surface area contributed by atoms with Crippen LogP contribution in [0.1, 0.15) is 22.8 Å². The number of halogens is 1. The third-order valence-electron chi connectivity index (χ3n) is 3.12. The molecule has 6 heteroatoms. The van der Waals surface area contributed by atoms with Gasteiger partial charge in [0.25, 0.3) is 5.91 Å². The minimum Gasteiger partial charge on any atom is -0.449 e. The Kier molecular flexibility index (Phi) is 5.90. The first-order valence-corrected chi connectivity index (χ1v) is 7.76. The molecule has 0 aliphatic rings. The number of benzene rings is 2. The highest BCUT2D eigenvalue weighted by molar-refractivity contribution is 9.10. The molecular weight excluding hydrogens is 362 g/mol. The summed E-state index contributed by atoms with van der Waals surface area (Å²) in [4.78, 5) is 24.0. The van der Waals surface area contributed by atoms with Crippen molar-refractivity contribution in [1.29, 1.82) is 0 Å². The van der Waals surface area contributed by atoms with Crippen molar-refractivity contribution in [2.24, 2.45) is 0 Å². The van der Waals surface area contributed by atoms with Gasteiger partial charge in [0.15, 0.2) is 6.10 Å². The van der Waals surface area contributed by atoms with Crippen LogP contribution in [0, 0.1) is 0 Å². The van der Waals surface area contributed by atoms with Crippen LogP contribution < -0.4 is 5.32 Å². The fraction of sp³-hybridized carbons (Fsp3) is 0.176. The van der Waals surface area contributed by atoms with Crippen molar-refractivity contribution in [1.82, 2.24) is 0 Å². The van der Waals surface area contributed by atoms with Gasteiger partial charge < -0.3 is 15.2 Å². The zero-order valence-electron chi connectivity index (χ0n) is 12.5. The second-order valence-electron chi connectivity index (χ2n) is 4.90. The van der Waals surface area contributed by atoms with E-state index in [0.29, 0.717) is 16.8 Å². The van der Waals surface area contributed by atoms with Gasteiger partial charge in [-0.1, -0.05) is 34.1 Å². The molecule has 0 aromatic heterocycles. The van der Waals surface area contributed by atoms with Crippen LogP contribution >= 0.6 is 15.9 Å². The van der Waals surface area contributed by atoms with Crippen LogP contribution in [0.25, 0.3) is 0 Å². The molecular formula is C17H16BrNO4. The van der Waals surface area contributed by atoms with E-state index in [1.807, 2.05) is 6.07 Å². The van der Waals surface area contributed by atoms with Crippen molar-refractivity contribution < 1.29 is 19.4 Å². The molecule has 0 saturated carbocycles. The number of aliphatic hydroxyl groups excluding tert-OH is 1. The summed E-state index contributed by atoms with van der Waals surface area (Å²) in [5.74, 6) is -1.00. The van der Waals surface area contributed by atoms with Gasteiger partial charge in [0.2, 0.25) is 0 Å². The van der Waals surface area contributed by atoms with Gasteiger partial charge in [0.1, 0.15) is 0 Å². The molecule has 5 nitrogen and oxygen atoms in total. The number of rotatable bonds is 5. The normalized spacial score (nSPS) is 11.6. The number of carbonyl (C=O) groups is 2. The molecule has 0 aliphatic carbocycles. The Morgan fingerprint density at radius 2 is 1.91 bits per heavy atom. The number of carbonyl (C=O) groups excluding carboxylic acids is 2. The average molecular weight is 378 g/mol. The number of nitrogens with one attached hydrogen (secondary N) is 1. The summed E-state index contributed by atoms with van der Waals surface area (Å²) in [6, 6.07) is 13.5. The number of hydrogen-bond acceptors (Lipinski definition) is 4. The molecule has 1 atom stereocenters. The van der Waals surface area contributed by atoms with E-state index < -0.39 is 18.0 Å². The van der Waals surface area contributed by atoms with Crippen LogP contribution in [-0.4, -0.2) is 23.1 Å². The molecule has 0 fully saturated rings. The minimum absolute atomic E-state index is 0.0965. The quantitative estimate of drug-likeness (QED) is 0.784. The van der Waals surface area contributed by atoms with Crippen molar-refractivity contribution in [3.63, 3.8) is 0 Å². The van der Waals surface area contributed by atoms with Gasteiger partial charge in [0.05, 0.1) is 12.2 Å². The number of amides is 1. The van der Waals surface area contributed by atoms with Gasteiger partial charge in [-0.25, -0.2) is 4.79 Å². The predicted octanol–water partition coefficient (Wildman–Crippen LogP) is 3.13. The maximum absolute atomic E-state index is 12.1. The van der Waals surface area contributed by atoms with Crippen LogP contribution in [0.15, 0.2) is 53.0 Å². The standard InChI is InChI=1S/C17H16BrNO4/c1-11(16(21)19-15-4-2-3-14(18)9-15)23-17(22)13-7-5-12(10-20)6-8-13/h2-9,11,20H,10H2,1H3,(H,19,21)/t11-/m0/s1. The lowest BCUT2D eigenvalue weighted by Crippen LogP contribution is -2.30. The smallest absolute Gasteiger partial charge is 0.338 e. The molecule has 0 radical (unpaired) electrons. The number of anilines is 1. The van der Waals surface area contributed by atoms with E-state index in [9.17, 15) is 9.59 Å². The number of esters is 1. The average Bonchev–Trinajstić information content (AvgIpc) is 2.54. The molecule has 2 aromatic carbocycles. The first kappa shape index (κ1) is 17.2. The lowest BCUT2D eigenvalue weighted by atomic mass is 10.1. The monoisotopic (exact) mass is 377 g/mol. The van der Waals surface area contributed by atoms with E-state index in [4.69, 9.17) is 9.84 Å². The molecule has 0 bridgehead atoms. The maximum Gasteiger partial charge on any atom is 0.338 e. The lowest BCUT2D eigenvalue weighted by Gasteiger charge is -2.14. The van der Waals surface area contributed by atoms with Crippen molar-refractivity contribution in [2.75, 3.05) is 5.32 Å². The fourth-order valence-corrected chi connectivity index (χ4v) is 2.24. The van der Waals surface area contributed by atoms with Crippen LogP contribution in [-0.2, 0) is 16.1 Å². The molecule has 2 N–H and O–H groups in total. The summed E-state index contributed by atoms with van der Waals surface area (Å²) in [6.45, 7) is 1.41. The number of aliphatic hydroxyl groups is 1. The van der Waals surface area contributed by atoms with Gasteiger partial charge in [-0.05, 0) is 42.8 Å². The number of ether oxygens (including phenoxy) is 1. The highest BCUT2D eigenvalue weighted by Crippen LogP contribution is 2.16. The topological polar surface area (TPSA) is 75.6 Å². The molecule has 120 valence electrons. The van der Waals surface area contributed by atoms with Crippen molar-refractivity contribution in [3.8, 4) is 0 Å². The van der Waals surface area contributed by atoms with E-state index >= 15 is 0 Å². The molecule has 2 aromatic rings. The Morgan fingerprint density at radius 3 is 2.52 bits per heavy atom. The summed E-state index contributed by atoms with van der Waals surface area (Å²) < 4.78 is 5.99. The molecule has 2 rings (SSSR count). The molecule has 0 heterocycles. The Bertz CT molecular complexity index is 700. The first-order chi connectivity index (χ1) is 11.0. The summed E-state index contributed by atoms with van der Waals surface area (Å²) in [6.07, 6.45) is -0.931. The van der Waals surface area contributed by atoms with Gasteiger partial charge in [-0.2, -0.15) is 0 Å². The third-order valence-corrected chi connectivity index (χ3v) is 3.61. The zero-order valence-corrected chi connectivity index (χ0v) is 14.0. The van der Waals surface area contributed by atoms with Crippen molar-refractivity contribution >= 4 is 33.5 Å². The predicted molar refractivity (Wildman–Crippen MR) is 90.0 cm³/mol. The maximum atomic E-state index is 12.1. The van der Waals surface area contributed by atoms with Crippen molar-refractivity contribution in [2.45, 2.75) is 19.6 Å². The second kappa shape index (κ2) is 7.89. The summed E-state index contributed by atoms with van der Waals surface area (Å²) >= 11 is 3.32. The highest BCUT2D eigenvalue weighted by atomic mass is 79.9. The SMILES string of the molecule is C[C@H](OC(=O)c1ccc(CO)cc1)C(=O)Nc1cccc(Br)c1. The van der Waals surface area contributed by atoms with Crippen LogP contribution in [0.2, 0.25) is 0 Å².